The molecule has 0 spiro atoms. The van der Waals surface area contributed by atoms with Crippen LogP contribution in [0.15, 0.2) is 0 Å². The van der Waals surface area contributed by atoms with Gasteiger partial charge >= 0.3 is 0 Å². The highest BCUT2D eigenvalue weighted by Gasteiger charge is 2.11. The van der Waals surface area contributed by atoms with Crippen molar-refractivity contribution in [2.75, 3.05) is 25.1 Å². The topological polar surface area (TPSA) is 49.2 Å². The summed E-state index contributed by atoms with van der Waals surface area (Å²) in [5.41, 5.74) is 0.852. The summed E-state index contributed by atoms with van der Waals surface area (Å²) in [6.07, 6.45) is 0.750. The van der Waals surface area contributed by atoms with Crippen molar-refractivity contribution in [2.24, 2.45) is 0 Å². The van der Waals surface area contributed by atoms with E-state index in [4.69, 9.17) is 16.7 Å². The number of hydrogen-bond donors (Lipinski definition) is 1. The van der Waals surface area contributed by atoms with Gasteiger partial charge in [-0.1, -0.05) is 18.5 Å². The summed E-state index contributed by atoms with van der Waals surface area (Å²) >= 11 is 6.00. The quantitative estimate of drug-likeness (QED) is 0.794. The van der Waals surface area contributed by atoms with Crippen molar-refractivity contribution in [3.8, 4) is 0 Å². The van der Waals surface area contributed by atoms with Gasteiger partial charge in [0.15, 0.2) is 0 Å². The summed E-state index contributed by atoms with van der Waals surface area (Å²) in [5, 5.41) is 9.35. The second-order valence-electron chi connectivity index (χ2n) is 3.38. The molecule has 0 bridgehead atoms. The van der Waals surface area contributed by atoms with Crippen molar-refractivity contribution in [3.05, 3.63) is 16.5 Å². The normalized spacial score (nSPS) is 10.5. The van der Waals surface area contributed by atoms with Gasteiger partial charge in [0.25, 0.3) is 0 Å². The minimum Gasteiger partial charge on any atom is -0.395 e. The van der Waals surface area contributed by atoms with E-state index in [0.29, 0.717) is 11.7 Å². The van der Waals surface area contributed by atoms with Crippen molar-refractivity contribution in [1.29, 1.82) is 0 Å². The van der Waals surface area contributed by atoms with Crippen LogP contribution in [0, 0.1) is 6.92 Å². The van der Waals surface area contributed by atoms with Crippen molar-refractivity contribution in [1.82, 2.24) is 9.97 Å². The molecule has 1 N–H and O–H groups in total. The molecule has 1 aromatic heterocycles. The Hall–Kier alpha value is -0.870. The molecule has 5 heteroatoms. The van der Waals surface area contributed by atoms with Crippen LogP contribution >= 0.6 is 11.6 Å². The van der Waals surface area contributed by atoms with Gasteiger partial charge in [-0.05, 0) is 6.92 Å². The fourth-order valence-electron chi connectivity index (χ4n) is 1.31. The van der Waals surface area contributed by atoms with Crippen molar-refractivity contribution in [2.45, 2.75) is 20.3 Å². The predicted octanol–water partition coefficient (Wildman–Crippen LogP) is 1.43. The standard InChI is InChI=1S/C10H16ClN3O/c1-4-8-12-9(11)7(2)10(13-8)14(3)5-6-15/h15H,4-6H2,1-3H3. The molecule has 1 heterocycles. The number of rotatable bonds is 4. The fourth-order valence-corrected chi connectivity index (χ4v) is 1.49. The monoisotopic (exact) mass is 229 g/mol. The van der Waals surface area contributed by atoms with Gasteiger partial charge in [0.1, 0.15) is 16.8 Å². The number of nitrogens with zero attached hydrogens (tertiary/aromatic N) is 3. The Morgan fingerprint density at radius 1 is 1.40 bits per heavy atom. The molecule has 0 fully saturated rings. The molecule has 0 aromatic carbocycles. The Bertz CT molecular complexity index is 344. The lowest BCUT2D eigenvalue weighted by molar-refractivity contribution is 0.303. The number of likely N-dealkylation sites (N-methyl/N-ethyl adjacent to an activating group) is 1. The number of aromatic nitrogens is 2. The number of aryl methyl sites for hydroxylation is 1. The van der Waals surface area contributed by atoms with Crippen LogP contribution in [-0.4, -0.2) is 35.3 Å². The van der Waals surface area contributed by atoms with Crippen LogP contribution < -0.4 is 4.90 Å². The SMILES string of the molecule is CCc1nc(Cl)c(C)c(N(C)CCO)n1. The zero-order valence-corrected chi connectivity index (χ0v) is 10.0. The largest absolute Gasteiger partial charge is 0.395 e. The third kappa shape index (κ3) is 2.79. The van der Waals surface area contributed by atoms with Gasteiger partial charge in [0.05, 0.1) is 6.61 Å². The van der Waals surface area contributed by atoms with E-state index in [1.807, 2.05) is 25.8 Å². The van der Waals surface area contributed by atoms with Gasteiger partial charge < -0.3 is 10.0 Å². The van der Waals surface area contributed by atoms with E-state index >= 15 is 0 Å². The third-order valence-corrected chi connectivity index (χ3v) is 2.59. The highest BCUT2D eigenvalue weighted by Crippen LogP contribution is 2.22. The first kappa shape index (κ1) is 12.2. The van der Waals surface area contributed by atoms with Crippen LogP contribution in [0.1, 0.15) is 18.3 Å². The number of aliphatic hydroxyl groups is 1. The van der Waals surface area contributed by atoms with Crippen molar-refractivity contribution >= 4 is 17.4 Å². The average Bonchev–Trinajstić information content (AvgIpc) is 2.22. The molecule has 0 radical (unpaired) electrons. The predicted molar refractivity (Wildman–Crippen MR) is 61.5 cm³/mol. The molecule has 0 saturated heterocycles. The number of anilines is 1. The first-order valence-corrected chi connectivity index (χ1v) is 5.33. The van der Waals surface area contributed by atoms with E-state index in [2.05, 4.69) is 9.97 Å². The zero-order chi connectivity index (χ0) is 11.4. The molecular weight excluding hydrogens is 214 g/mol. The van der Waals surface area contributed by atoms with Gasteiger partial charge in [0, 0.05) is 25.6 Å². The molecule has 15 heavy (non-hydrogen) atoms. The lowest BCUT2D eigenvalue weighted by Crippen LogP contribution is -2.24. The Labute approximate surface area is 94.9 Å². The molecule has 0 aliphatic heterocycles. The van der Waals surface area contributed by atoms with Gasteiger partial charge in [-0.15, -0.1) is 0 Å². The summed E-state index contributed by atoms with van der Waals surface area (Å²) in [5.74, 6) is 1.52. The molecule has 0 unspecified atom stereocenters. The second-order valence-corrected chi connectivity index (χ2v) is 3.74. The molecule has 0 aliphatic rings. The molecule has 0 aliphatic carbocycles. The average molecular weight is 230 g/mol. The number of hydrogen-bond acceptors (Lipinski definition) is 4. The van der Waals surface area contributed by atoms with E-state index in [1.54, 1.807) is 0 Å². The van der Waals surface area contributed by atoms with Gasteiger partial charge in [0.2, 0.25) is 0 Å². The molecular formula is C10H16ClN3O. The Morgan fingerprint density at radius 2 is 2.07 bits per heavy atom. The van der Waals surface area contributed by atoms with Crippen LogP contribution in [-0.2, 0) is 6.42 Å². The van der Waals surface area contributed by atoms with Crippen molar-refractivity contribution < 1.29 is 5.11 Å². The fraction of sp³-hybridized carbons (Fsp3) is 0.600. The molecule has 1 rings (SSSR count). The second kappa shape index (κ2) is 5.28. The minimum absolute atomic E-state index is 0.0963. The van der Waals surface area contributed by atoms with Crippen LogP contribution in [0.4, 0.5) is 5.82 Å². The zero-order valence-electron chi connectivity index (χ0n) is 9.29. The molecule has 1 aromatic rings. The summed E-state index contributed by atoms with van der Waals surface area (Å²) < 4.78 is 0. The van der Waals surface area contributed by atoms with E-state index in [-0.39, 0.29) is 6.61 Å². The van der Waals surface area contributed by atoms with Gasteiger partial charge in [-0.25, -0.2) is 9.97 Å². The van der Waals surface area contributed by atoms with E-state index in [1.165, 1.54) is 0 Å². The Balaban J connectivity index is 3.09. The maximum atomic E-state index is 8.87. The Kier molecular flexibility index (Phi) is 4.29. The summed E-state index contributed by atoms with van der Waals surface area (Å²) in [7, 11) is 1.88. The first-order chi connectivity index (χ1) is 7.10. The molecule has 84 valence electrons. The number of aliphatic hydroxyl groups excluding tert-OH is 1. The first-order valence-electron chi connectivity index (χ1n) is 4.95. The number of halogens is 1. The van der Waals surface area contributed by atoms with E-state index in [9.17, 15) is 0 Å². The minimum atomic E-state index is 0.0963. The van der Waals surface area contributed by atoms with E-state index in [0.717, 1.165) is 23.6 Å². The molecule has 0 saturated carbocycles. The molecule has 0 atom stereocenters. The van der Waals surface area contributed by atoms with E-state index < -0.39 is 0 Å². The summed E-state index contributed by atoms with van der Waals surface area (Å²) in [6.45, 7) is 4.50. The lowest BCUT2D eigenvalue weighted by Gasteiger charge is -2.19. The van der Waals surface area contributed by atoms with Crippen LogP contribution in [0.2, 0.25) is 5.15 Å². The van der Waals surface area contributed by atoms with Gasteiger partial charge in [-0.3, -0.25) is 0 Å². The highest BCUT2D eigenvalue weighted by molar-refractivity contribution is 6.30. The highest BCUT2D eigenvalue weighted by atomic mass is 35.5. The summed E-state index contributed by atoms with van der Waals surface area (Å²) in [4.78, 5) is 10.4. The van der Waals surface area contributed by atoms with Crippen molar-refractivity contribution in [3.63, 3.8) is 0 Å². The smallest absolute Gasteiger partial charge is 0.137 e. The molecule has 4 nitrogen and oxygen atoms in total. The maximum Gasteiger partial charge on any atom is 0.137 e. The summed E-state index contributed by atoms with van der Waals surface area (Å²) in [6, 6.07) is 0. The lowest BCUT2D eigenvalue weighted by atomic mass is 10.3. The van der Waals surface area contributed by atoms with Crippen LogP contribution in [0.3, 0.4) is 0 Å². The maximum absolute atomic E-state index is 8.87. The van der Waals surface area contributed by atoms with Crippen LogP contribution in [0.5, 0.6) is 0 Å². The van der Waals surface area contributed by atoms with Gasteiger partial charge in [-0.2, -0.15) is 0 Å². The van der Waals surface area contributed by atoms with Crippen LogP contribution in [0.25, 0.3) is 0 Å². The molecule has 0 amide bonds. The Morgan fingerprint density at radius 3 is 2.60 bits per heavy atom. The third-order valence-electron chi connectivity index (χ3n) is 2.22.